The van der Waals surface area contributed by atoms with Crippen LogP contribution in [0.25, 0.3) is 0 Å². The summed E-state index contributed by atoms with van der Waals surface area (Å²) in [6, 6.07) is 6.87. The summed E-state index contributed by atoms with van der Waals surface area (Å²) in [5, 5.41) is 0. The second-order valence-electron chi connectivity index (χ2n) is 5.79. The van der Waals surface area contributed by atoms with E-state index >= 15 is 0 Å². The van der Waals surface area contributed by atoms with Crippen molar-refractivity contribution >= 4 is 0 Å². The third-order valence-corrected chi connectivity index (χ3v) is 4.69. The summed E-state index contributed by atoms with van der Waals surface area (Å²) in [5.74, 6) is 0. The monoisotopic (exact) mass is 261 g/mol. The van der Waals surface area contributed by atoms with E-state index in [1.807, 2.05) is 7.11 Å². The molecule has 1 unspecified atom stereocenters. The first-order chi connectivity index (χ1) is 9.14. The maximum Gasteiger partial charge on any atom is 0.0696 e. The second kappa shape index (κ2) is 6.06. The van der Waals surface area contributed by atoms with Crippen LogP contribution in [0.1, 0.15) is 62.3 Å². The van der Waals surface area contributed by atoms with Gasteiger partial charge in [-0.2, -0.15) is 0 Å². The number of hydrogen-bond donors (Lipinski definition) is 1. The summed E-state index contributed by atoms with van der Waals surface area (Å²) in [7, 11) is 1.83. The third kappa shape index (κ3) is 3.01. The fraction of sp³-hybridized carbons (Fsp3) is 0.647. The van der Waals surface area contributed by atoms with Crippen LogP contribution < -0.4 is 5.73 Å². The molecular weight excluding hydrogens is 234 g/mol. The van der Waals surface area contributed by atoms with Crippen LogP contribution in [0.3, 0.4) is 0 Å². The topological polar surface area (TPSA) is 35.2 Å². The first-order valence-corrected chi connectivity index (χ1v) is 7.56. The SMILES string of the molecule is CCc1ccc(CC)c(C(N)CC2(OC)CCC2)c1. The number of nitrogens with two attached hydrogens (primary N) is 1. The molecule has 0 heterocycles. The molecule has 0 amide bonds. The Hall–Kier alpha value is -0.860. The molecule has 1 aromatic rings. The largest absolute Gasteiger partial charge is 0.378 e. The smallest absolute Gasteiger partial charge is 0.0696 e. The Morgan fingerprint density at radius 3 is 2.47 bits per heavy atom. The molecule has 2 rings (SSSR count). The van der Waals surface area contributed by atoms with Gasteiger partial charge in [0.15, 0.2) is 0 Å². The normalized spacial score (nSPS) is 18.9. The van der Waals surface area contributed by atoms with Gasteiger partial charge in [-0.1, -0.05) is 32.0 Å². The van der Waals surface area contributed by atoms with Crippen LogP contribution >= 0.6 is 0 Å². The van der Waals surface area contributed by atoms with E-state index in [1.165, 1.54) is 23.1 Å². The zero-order valence-electron chi connectivity index (χ0n) is 12.5. The van der Waals surface area contributed by atoms with Gasteiger partial charge in [-0.15, -0.1) is 0 Å². The molecule has 0 radical (unpaired) electrons. The summed E-state index contributed by atoms with van der Waals surface area (Å²) in [5.41, 5.74) is 10.6. The Kier molecular flexibility index (Phi) is 4.64. The minimum Gasteiger partial charge on any atom is -0.378 e. The molecule has 1 aliphatic rings. The number of methoxy groups -OCH3 is 1. The van der Waals surface area contributed by atoms with Crippen molar-refractivity contribution in [3.63, 3.8) is 0 Å². The first kappa shape index (κ1) is 14.5. The van der Waals surface area contributed by atoms with Crippen molar-refractivity contribution in [1.29, 1.82) is 0 Å². The molecule has 1 atom stereocenters. The van der Waals surface area contributed by atoms with E-state index in [0.29, 0.717) is 0 Å². The highest BCUT2D eigenvalue weighted by Gasteiger charge is 2.38. The number of hydrogen-bond acceptors (Lipinski definition) is 2. The van der Waals surface area contributed by atoms with Crippen molar-refractivity contribution in [2.24, 2.45) is 5.73 Å². The fourth-order valence-corrected chi connectivity index (χ4v) is 3.10. The molecule has 0 saturated heterocycles. The van der Waals surface area contributed by atoms with Crippen molar-refractivity contribution in [1.82, 2.24) is 0 Å². The zero-order chi connectivity index (χ0) is 13.9. The van der Waals surface area contributed by atoms with E-state index in [1.54, 1.807) is 0 Å². The Morgan fingerprint density at radius 1 is 1.26 bits per heavy atom. The summed E-state index contributed by atoms with van der Waals surface area (Å²) >= 11 is 0. The van der Waals surface area contributed by atoms with E-state index in [0.717, 1.165) is 32.1 Å². The lowest BCUT2D eigenvalue weighted by molar-refractivity contribution is -0.0817. The molecule has 0 bridgehead atoms. The van der Waals surface area contributed by atoms with Gasteiger partial charge in [-0.25, -0.2) is 0 Å². The van der Waals surface area contributed by atoms with Crippen LogP contribution in [-0.2, 0) is 17.6 Å². The van der Waals surface area contributed by atoms with Gasteiger partial charge in [0.2, 0.25) is 0 Å². The zero-order valence-corrected chi connectivity index (χ0v) is 12.5. The van der Waals surface area contributed by atoms with Crippen molar-refractivity contribution in [3.8, 4) is 0 Å². The number of benzene rings is 1. The van der Waals surface area contributed by atoms with Crippen molar-refractivity contribution in [3.05, 3.63) is 34.9 Å². The second-order valence-corrected chi connectivity index (χ2v) is 5.79. The van der Waals surface area contributed by atoms with Crippen molar-refractivity contribution < 1.29 is 4.74 Å². The Balaban J connectivity index is 2.19. The van der Waals surface area contributed by atoms with Crippen molar-refractivity contribution in [2.45, 2.75) is 64.0 Å². The molecule has 1 aromatic carbocycles. The summed E-state index contributed by atoms with van der Waals surface area (Å²) < 4.78 is 5.72. The highest BCUT2D eigenvalue weighted by atomic mass is 16.5. The van der Waals surface area contributed by atoms with E-state index < -0.39 is 0 Å². The molecule has 1 fully saturated rings. The van der Waals surface area contributed by atoms with Crippen LogP contribution in [0.15, 0.2) is 18.2 Å². The minimum absolute atomic E-state index is 0.0483. The standard InChI is InChI=1S/C17H27NO/c1-4-13-7-8-14(5-2)15(11-13)16(18)12-17(19-3)9-6-10-17/h7-8,11,16H,4-6,9-10,12,18H2,1-3H3. The average molecular weight is 261 g/mol. The number of aryl methyl sites for hydroxylation is 2. The van der Waals surface area contributed by atoms with E-state index in [4.69, 9.17) is 10.5 Å². The molecule has 0 aromatic heterocycles. The summed E-state index contributed by atoms with van der Waals surface area (Å²) in [6.07, 6.45) is 6.66. The summed E-state index contributed by atoms with van der Waals surface area (Å²) in [6.45, 7) is 4.39. The predicted molar refractivity (Wildman–Crippen MR) is 80.3 cm³/mol. The molecule has 1 saturated carbocycles. The number of ether oxygens (including phenoxy) is 1. The van der Waals surface area contributed by atoms with E-state index in [9.17, 15) is 0 Å². The quantitative estimate of drug-likeness (QED) is 0.846. The van der Waals surface area contributed by atoms with Gasteiger partial charge >= 0.3 is 0 Å². The lowest BCUT2D eigenvalue weighted by Gasteiger charge is -2.42. The Labute approximate surface area is 117 Å². The molecule has 19 heavy (non-hydrogen) atoms. The maximum absolute atomic E-state index is 6.49. The fourth-order valence-electron chi connectivity index (χ4n) is 3.10. The van der Waals surface area contributed by atoms with E-state index in [2.05, 4.69) is 32.0 Å². The maximum atomic E-state index is 6.49. The molecule has 0 aliphatic heterocycles. The van der Waals surface area contributed by atoms with Crippen LogP contribution in [0.4, 0.5) is 0 Å². The highest BCUT2D eigenvalue weighted by Crippen LogP contribution is 2.41. The molecule has 1 aliphatic carbocycles. The van der Waals surface area contributed by atoms with Crippen molar-refractivity contribution in [2.75, 3.05) is 7.11 Å². The van der Waals surface area contributed by atoms with Crippen LogP contribution in [-0.4, -0.2) is 12.7 Å². The van der Waals surface area contributed by atoms with Crippen LogP contribution in [0.2, 0.25) is 0 Å². The first-order valence-electron chi connectivity index (χ1n) is 7.56. The third-order valence-electron chi connectivity index (χ3n) is 4.69. The average Bonchev–Trinajstić information content (AvgIpc) is 2.41. The molecule has 2 nitrogen and oxygen atoms in total. The van der Waals surface area contributed by atoms with Crippen LogP contribution in [0.5, 0.6) is 0 Å². The van der Waals surface area contributed by atoms with Gasteiger partial charge in [-0.05, 0) is 55.2 Å². The van der Waals surface area contributed by atoms with Gasteiger partial charge in [0, 0.05) is 13.2 Å². The Bertz CT molecular complexity index is 418. The number of rotatable bonds is 6. The predicted octanol–water partition coefficient (Wildman–Crippen LogP) is 3.77. The van der Waals surface area contributed by atoms with Gasteiger partial charge < -0.3 is 10.5 Å². The van der Waals surface area contributed by atoms with Crippen LogP contribution in [0, 0.1) is 0 Å². The van der Waals surface area contributed by atoms with E-state index in [-0.39, 0.29) is 11.6 Å². The summed E-state index contributed by atoms with van der Waals surface area (Å²) in [4.78, 5) is 0. The molecule has 106 valence electrons. The lowest BCUT2D eigenvalue weighted by atomic mass is 9.74. The molecule has 2 N–H and O–H groups in total. The van der Waals surface area contributed by atoms with Gasteiger partial charge in [0.25, 0.3) is 0 Å². The van der Waals surface area contributed by atoms with Gasteiger partial charge in [0.05, 0.1) is 5.60 Å². The van der Waals surface area contributed by atoms with Gasteiger partial charge in [0.1, 0.15) is 0 Å². The molecule has 0 spiro atoms. The molecular formula is C17H27NO. The highest BCUT2D eigenvalue weighted by molar-refractivity contribution is 5.34. The minimum atomic E-state index is 0.0483. The molecule has 2 heteroatoms. The lowest BCUT2D eigenvalue weighted by Crippen LogP contribution is -2.42. The van der Waals surface area contributed by atoms with Gasteiger partial charge in [-0.3, -0.25) is 0 Å². The Morgan fingerprint density at radius 2 is 2.00 bits per heavy atom.